The van der Waals surface area contributed by atoms with Crippen molar-refractivity contribution in [2.45, 2.75) is 44.4 Å². The van der Waals surface area contributed by atoms with Crippen molar-refractivity contribution in [2.75, 3.05) is 5.32 Å². The summed E-state index contributed by atoms with van der Waals surface area (Å²) in [6, 6.07) is 11.1. The number of aliphatic hydroxyl groups is 1. The summed E-state index contributed by atoms with van der Waals surface area (Å²) < 4.78 is 0. The van der Waals surface area contributed by atoms with E-state index < -0.39 is 6.10 Å². The maximum Gasteiger partial charge on any atom is 0.251 e. The Kier molecular flexibility index (Phi) is 6.29. The monoisotopic (exact) mass is 403 g/mol. The molecule has 30 heavy (non-hydrogen) atoms. The van der Waals surface area contributed by atoms with Gasteiger partial charge in [0.2, 0.25) is 0 Å². The van der Waals surface area contributed by atoms with Crippen LogP contribution in [0.1, 0.15) is 41.6 Å². The van der Waals surface area contributed by atoms with Gasteiger partial charge in [0.25, 0.3) is 5.91 Å². The molecule has 3 N–H and O–H groups in total. The Bertz CT molecular complexity index is 996. The van der Waals surface area contributed by atoms with E-state index in [9.17, 15) is 9.90 Å². The second-order valence-corrected chi connectivity index (χ2v) is 7.52. The number of rotatable bonds is 6. The second kappa shape index (κ2) is 9.45. The van der Waals surface area contributed by atoms with Gasteiger partial charge in [0.1, 0.15) is 0 Å². The van der Waals surface area contributed by atoms with Crippen molar-refractivity contribution in [3.63, 3.8) is 0 Å². The van der Waals surface area contributed by atoms with E-state index in [0.29, 0.717) is 17.9 Å². The van der Waals surface area contributed by atoms with Gasteiger partial charge in [0, 0.05) is 42.5 Å². The minimum atomic E-state index is -0.457. The quantitative estimate of drug-likeness (QED) is 0.585. The Morgan fingerprint density at radius 2 is 1.90 bits per heavy atom. The molecular weight excluding hydrogens is 378 g/mol. The lowest BCUT2D eigenvalue weighted by Gasteiger charge is -2.28. The van der Waals surface area contributed by atoms with Crippen molar-refractivity contribution in [1.29, 1.82) is 0 Å². The van der Waals surface area contributed by atoms with Gasteiger partial charge in [-0.1, -0.05) is 25.0 Å². The van der Waals surface area contributed by atoms with Crippen molar-refractivity contribution in [3.05, 3.63) is 72.3 Å². The van der Waals surface area contributed by atoms with Crippen LogP contribution in [0.15, 0.2) is 61.2 Å². The van der Waals surface area contributed by atoms with Crippen LogP contribution in [-0.2, 0) is 6.54 Å². The van der Waals surface area contributed by atoms with Crippen LogP contribution in [0.25, 0.3) is 11.4 Å². The number of aromatic nitrogens is 3. The van der Waals surface area contributed by atoms with E-state index in [2.05, 4.69) is 25.6 Å². The molecule has 2 atom stereocenters. The minimum absolute atomic E-state index is 0.146. The van der Waals surface area contributed by atoms with Gasteiger partial charge < -0.3 is 15.7 Å². The van der Waals surface area contributed by atoms with Gasteiger partial charge in [0.05, 0.1) is 17.8 Å². The number of carbonyl (C=O) groups excluding carboxylic acids is 1. The van der Waals surface area contributed by atoms with E-state index >= 15 is 0 Å². The first kappa shape index (κ1) is 20.0. The van der Waals surface area contributed by atoms with Crippen molar-refractivity contribution in [2.24, 2.45) is 0 Å². The van der Waals surface area contributed by atoms with Crippen molar-refractivity contribution in [3.8, 4) is 11.4 Å². The van der Waals surface area contributed by atoms with Crippen LogP contribution >= 0.6 is 0 Å². The van der Waals surface area contributed by atoms with Crippen LogP contribution in [0.5, 0.6) is 0 Å². The molecule has 2 heterocycles. The fourth-order valence-corrected chi connectivity index (χ4v) is 3.67. The second-order valence-electron chi connectivity index (χ2n) is 7.52. The molecule has 0 saturated heterocycles. The van der Waals surface area contributed by atoms with Crippen LogP contribution in [0.3, 0.4) is 0 Å². The van der Waals surface area contributed by atoms with Crippen LogP contribution in [0, 0.1) is 0 Å². The Hall–Kier alpha value is -3.32. The van der Waals surface area contributed by atoms with E-state index in [0.717, 1.165) is 42.5 Å². The Morgan fingerprint density at radius 1 is 1.07 bits per heavy atom. The predicted octanol–water partition coefficient (Wildman–Crippen LogP) is 3.18. The lowest BCUT2D eigenvalue weighted by atomic mass is 9.92. The van der Waals surface area contributed by atoms with E-state index in [1.165, 1.54) is 0 Å². The number of amides is 1. The molecule has 1 saturated carbocycles. The fraction of sp³-hybridized carbons (Fsp3) is 0.304. The van der Waals surface area contributed by atoms with Gasteiger partial charge >= 0.3 is 0 Å². The highest BCUT2D eigenvalue weighted by Crippen LogP contribution is 2.20. The Morgan fingerprint density at radius 3 is 2.73 bits per heavy atom. The fourth-order valence-electron chi connectivity index (χ4n) is 3.67. The molecule has 1 amide bonds. The molecule has 1 aliphatic rings. The van der Waals surface area contributed by atoms with Crippen LogP contribution in [-0.4, -0.2) is 38.1 Å². The van der Waals surface area contributed by atoms with Crippen molar-refractivity contribution < 1.29 is 9.90 Å². The molecule has 3 aromatic rings. The normalized spacial score (nSPS) is 18.6. The Labute approximate surface area is 175 Å². The highest BCUT2D eigenvalue weighted by Gasteiger charge is 2.24. The Balaban J connectivity index is 1.39. The topological polar surface area (TPSA) is 100 Å². The summed E-state index contributed by atoms with van der Waals surface area (Å²) in [6.07, 6.45) is 10.0. The molecule has 0 bridgehead atoms. The number of hydrogen-bond donors (Lipinski definition) is 3. The molecule has 0 unspecified atom stereocenters. The highest BCUT2D eigenvalue weighted by molar-refractivity contribution is 5.94. The first-order valence-corrected chi connectivity index (χ1v) is 10.2. The number of pyridine rings is 1. The van der Waals surface area contributed by atoms with Gasteiger partial charge in [-0.3, -0.25) is 9.78 Å². The molecule has 1 fully saturated rings. The first-order chi connectivity index (χ1) is 14.7. The van der Waals surface area contributed by atoms with Crippen molar-refractivity contribution >= 4 is 11.6 Å². The zero-order valence-corrected chi connectivity index (χ0v) is 16.7. The largest absolute Gasteiger partial charge is 0.391 e. The SMILES string of the molecule is O=C(N[C@H]1CCCC[C@@H]1O)c1cccc(CNc2cncc(-c3ncccn3)c2)c1. The summed E-state index contributed by atoms with van der Waals surface area (Å²) in [7, 11) is 0. The highest BCUT2D eigenvalue weighted by atomic mass is 16.3. The third-order valence-electron chi connectivity index (χ3n) is 5.29. The number of anilines is 1. The summed E-state index contributed by atoms with van der Waals surface area (Å²) >= 11 is 0. The van der Waals surface area contributed by atoms with Gasteiger partial charge in [-0.15, -0.1) is 0 Å². The molecule has 1 aliphatic carbocycles. The maximum absolute atomic E-state index is 12.6. The smallest absolute Gasteiger partial charge is 0.251 e. The molecule has 2 aromatic heterocycles. The zero-order valence-electron chi connectivity index (χ0n) is 16.7. The molecule has 0 spiro atoms. The third kappa shape index (κ3) is 4.99. The summed E-state index contributed by atoms with van der Waals surface area (Å²) in [5.41, 5.74) is 3.25. The standard InChI is InChI=1S/C23H25N5O2/c29-21-8-2-1-7-20(21)28-23(30)17-6-3-5-16(11-17)13-27-19-12-18(14-24-15-19)22-25-9-4-10-26-22/h3-6,9-12,14-15,20-21,27,29H,1-2,7-8,13H2,(H,28,30)/t20-,21-/m0/s1. The van der Waals surface area contributed by atoms with Crippen LogP contribution in [0.2, 0.25) is 0 Å². The van der Waals surface area contributed by atoms with Gasteiger partial charge in [0.15, 0.2) is 5.82 Å². The third-order valence-corrected chi connectivity index (χ3v) is 5.29. The van der Waals surface area contributed by atoms with E-state index in [1.54, 1.807) is 36.9 Å². The number of benzene rings is 1. The van der Waals surface area contributed by atoms with E-state index in [1.807, 2.05) is 24.3 Å². The van der Waals surface area contributed by atoms with Gasteiger partial charge in [-0.05, 0) is 42.7 Å². The average molecular weight is 403 g/mol. The first-order valence-electron chi connectivity index (χ1n) is 10.2. The number of hydrogen-bond acceptors (Lipinski definition) is 6. The van der Waals surface area contributed by atoms with Crippen molar-refractivity contribution in [1.82, 2.24) is 20.3 Å². The molecule has 1 aromatic carbocycles. The summed E-state index contributed by atoms with van der Waals surface area (Å²) in [5, 5.41) is 16.4. The van der Waals surface area contributed by atoms with Gasteiger partial charge in [-0.25, -0.2) is 9.97 Å². The summed E-state index contributed by atoms with van der Waals surface area (Å²) in [4.78, 5) is 25.4. The number of nitrogens with zero attached hydrogens (tertiary/aromatic N) is 3. The van der Waals surface area contributed by atoms with E-state index in [4.69, 9.17) is 0 Å². The predicted molar refractivity (Wildman–Crippen MR) is 115 cm³/mol. The number of nitrogens with one attached hydrogen (secondary N) is 2. The molecule has 0 aliphatic heterocycles. The minimum Gasteiger partial charge on any atom is -0.391 e. The average Bonchev–Trinajstić information content (AvgIpc) is 2.80. The molecule has 4 rings (SSSR count). The molecule has 7 heteroatoms. The molecule has 0 radical (unpaired) electrons. The maximum atomic E-state index is 12.6. The molecule has 154 valence electrons. The summed E-state index contributed by atoms with van der Waals surface area (Å²) in [5.74, 6) is 0.477. The van der Waals surface area contributed by atoms with Crippen LogP contribution < -0.4 is 10.6 Å². The number of aliphatic hydroxyl groups excluding tert-OH is 1. The van der Waals surface area contributed by atoms with Gasteiger partial charge in [-0.2, -0.15) is 0 Å². The number of carbonyl (C=O) groups is 1. The summed E-state index contributed by atoms with van der Waals surface area (Å²) in [6.45, 7) is 0.550. The zero-order chi connectivity index (χ0) is 20.8. The lowest BCUT2D eigenvalue weighted by Crippen LogP contribution is -2.45. The lowest BCUT2D eigenvalue weighted by molar-refractivity contribution is 0.0717. The van der Waals surface area contributed by atoms with Crippen LogP contribution in [0.4, 0.5) is 5.69 Å². The molecule has 7 nitrogen and oxygen atoms in total. The molecular formula is C23H25N5O2. The van der Waals surface area contributed by atoms with E-state index in [-0.39, 0.29) is 11.9 Å².